The average molecular weight is 333 g/mol. The van der Waals surface area contributed by atoms with Crippen molar-refractivity contribution in [2.24, 2.45) is 7.05 Å². The van der Waals surface area contributed by atoms with Crippen molar-refractivity contribution in [2.45, 2.75) is 32.2 Å². The number of nitrogens with zero attached hydrogens (tertiary/aromatic N) is 4. The highest BCUT2D eigenvalue weighted by atomic mass is 32.1. The number of hydrogen-bond donors (Lipinski definition) is 1. The van der Waals surface area contributed by atoms with Gasteiger partial charge in [0.05, 0.1) is 21.6 Å². The number of carbonyl (C=O) groups excluding carboxylic acids is 1. The summed E-state index contributed by atoms with van der Waals surface area (Å²) >= 11 is 1.64. The monoisotopic (exact) mass is 333 g/mol. The van der Waals surface area contributed by atoms with Crippen LogP contribution in [-0.2, 0) is 13.5 Å². The Balaban J connectivity index is 1.81. The van der Waals surface area contributed by atoms with Crippen LogP contribution < -0.4 is 10.9 Å². The topological polar surface area (TPSA) is 80.1 Å². The summed E-state index contributed by atoms with van der Waals surface area (Å²) in [6.07, 6.45) is 5.91. The first-order valence-electron chi connectivity index (χ1n) is 7.49. The van der Waals surface area contributed by atoms with Crippen LogP contribution in [0.15, 0.2) is 17.2 Å². The molecule has 1 aliphatic rings. The summed E-state index contributed by atoms with van der Waals surface area (Å²) in [5, 5.41) is 3.63. The predicted octanol–water partition coefficient (Wildman–Crippen LogP) is 2.09. The van der Waals surface area contributed by atoms with Crippen molar-refractivity contribution in [1.82, 2.24) is 19.4 Å². The van der Waals surface area contributed by atoms with Crippen molar-refractivity contribution in [2.75, 3.05) is 12.4 Å². The van der Waals surface area contributed by atoms with Crippen LogP contribution in [0.3, 0.4) is 0 Å². The number of nitrogens with one attached hydrogen (secondary N) is 1. The second-order valence-electron chi connectivity index (χ2n) is 5.68. The third kappa shape index (κ3) is 2.98. The van der Waals surface area contributed by atoms with Gasteiger partial charge in [-0.2, -0.15) is 0 Å². The fourth-order valence-corrected chi connectivity index (χ4v) is 3.96. The number of hydrogen-bond acceptors (Lipinski definition) is 5. The Hall–Kier alpha value is -2.22. The van der Waals surface area contributed by atoms with Crippen molar-refractivity contribution in [3.63, 3.8) is 0 Å². The van der Waals surface area contributed by atoms with Crippen LogP contribution in [0.1, 0.15) is 34.5 Å². The second kappa shape index (κ2) is 6.11. The zero-order valence-corrected chi connectivity index (χ0v) is 14.2. The molecule has 122 valence electrons. The first kappa shape index (κ1) is 15.7. The normalized spacial score (nSPS) is 16.7. The van der Waals surface area contributed by atoms with E-state index in [1.165, 1.54) is 10.8 Å². The lowest BCUT2D eigenvalue weighted by molar-refractivity contribution is 0.198. The zero-order chi connectivity index (χ0) is 16.6. The van der Waals surface area contributed by atoms with E-state index in [1.807, 2.05) is 6.92 Å². The van der Waals surface area contributed by atoms with Gasteiger partial charge in [0.2, 0.25) is 5.82 Å². The fourth-order valence-electron chi connectivity index (χ4n) is 2.80. The molecule has 0 saturated heterocycles. The van der Waals surface area contributed by atoms with Crippen LogP contribution in [0.4, 0.5) is 10.6 Å². The molecule has 3 rings (SSSR count). The molecule has 0 saturated carbocycles. The van der Waals surface area contributed by atoms with E-state index in [1.54, 1.807) is 36.5 Å². The standard InChI is InChI=1S/C15H19N5O2S/c1-9-17-10-5-4-6-11(12(10)23-9)20(3)15(22)18-13-14(21)19(2)8-7-16-13/h7-8,11H,4-6H2,1-3H3,(H,16,18,22)/t11-/m0/s1. The summed E-state index contributed by atoms with van der Waals surface area (Å²) in [6, 6.07) is -0.331. The Labute approximate surface area is 138 Å². The van der Waals surface area contributed by atoms with Gasteiger partial charge in [-0.05, 0) is 26.2 Å². The highest BCUT2D eigenvalue weighted by Crippen LogP contribution is 2.37. The average Bonchev–Trinajstić information content (AvgIpc) is 2.91. The van der Waals surface area contributed by atoms with E-state index in [0.717, 1.165) is 34.8 Å². The van der Waals surface area contributed by atoms with Gasteiger partial charge in [0.1, 0.15) is 0 Å². The van der Waals surface area contributed by atoms with Gasteiger partial charge in [-0.1, -0.05) is 0 Å². The molecule has 1 atom stereocenters. The lowest BCUT2D eigenvalue weighted by Gasteiger charge is -2.30. The highest BCUT2D eigenvalue weighted by Gasteiger charge is 2.30. The van der Waals surface area contributed by atoms with Gasteiger partial charge < -0.3 is 9.47 Å². The summed E-state index contributed by atoms with van der Waals surface area (Å²) < 4.78 is 1.38. The van der Waals surface area contributed by atoms with Gasteiger partial charge in [0.15, 0.2) is 0 Å². The van der Waals surface area contributed by atoms with E-state index in [4.69, 9.17) is 0 Å². The number of anilines is 1. The maximum atomic E-state index is 12.5. The molecule has 0 radical (unpaired) electrons. The quantitative estimate of drug-likeness (QED) is 0.912. The molecular weight excluding hydrogens is 314 g/mol. The lowest BCUT2D eigenvalue weighted by atomic mass is 9.97. The third-order valence-electron chi connectivity index (χ3n) is 4.06. The molecule has 0 aliphatic heterocycles. The summed E-state index contributed by atoms with van der Waals surface area (Å²) in [4.78, 5) is 35.8. The van der Waals surface area contributed by atoms with Crippen LogP contribution in [-0.4, -0.2) is 32.5 Å². The Kier molecular flexibility index (Phi) is 4.16. The predicted molar refractivity (Wildman–Crippen MR) is 88.8 cm³/mol. The van der Waals surface area contributed by atoms with Gasteiger partial charge in [-0.15, -0.1) is 11.3 Å². The van der Waals surface area contributed by atoms with Gasteiger partial charge in [0.25, 0.3) is 5.56 Å². The minimum Gasteiger partial charge on any atom is -0.320 e. The molecule has 2 aromatic heterocycles. The Morgan fingerprint density at radius 1 is 1.52 bits per heavy atom. The summed E-state index contributed by atoms with van der Waals surface area (Å²) in [7, 11) is 3.37. The van der Waals surface area contributed by atoms with Crippen LogP contribution in [0.2, 0.25) is 0 Å². The lowest BCUT2D eigenvalue weighted by Crippen LogP contribution is -2.38. The van der Waals surface area contributed by atoms with E-state index in [9.17, 15) is 9.59 Å². The van der Waals surface area contributed by atoms with Gasteiger partial charge in [0, 0.05) is 26.5 Å². The maximum Gasteiger partial charge on any atom is 0.323 e. The first-order chi connectivity index (χ1) is 11.0. The number of thiazole rings is 1. The molecule has 7 nitrogen and oxygen atoms in total. The number of urea groups is 1. The highest BCUT2D eigenvalue weighted by molar-refractivity contribution is 7.11. The maximum absolute atomic E-state index is 12.5. The summed E-state index contributed by atoms with van der Waals surface area (Å²) in [5.41, 5.74) is 0.768. The number of carbonyl (C=O) groups is 1. The molecule has 0 aromatic carbocycles. The van der Waals surface area contributed by atoms with Crippen LogP contribution in [0.5, 0.6) is 0 Å². The van der Waals surface area contributed by atoms with Crippen molar-refractivity contribution >= 4 is 23.2 Å². The smallest absolute Gasteiger partial charge is 0.320 e. The van der Waals surface area contributed by atoms with Gasteiger partial charge in [-0.3, -0.25) is 10.1 Å². The molecule has 0 fully saturated rings. The Bertz CT molecular complexity index is 797. The molecule has 1 aliphatic carbocycles. The molecular formula is C15H19N5O2S. The largest absolute Gasteiger partial charge is 0.323 e. The molecule has 0 unspecified atom stereocenters. The summed E-state index contributed by atoms with van der Waals surface area (Å²) in [5.74, 6) is 0.0448. The molecule has 0 spiro atoms. The Morgan fingerprint density at radius 2 is 2.30 bits per heavy atom. The van der Waals surface area contributed by atoms with Crippen LogP contribution >= 0.6 is 11.3 Å². The summed E-state index contributed by atoms with van der Waals surface area (Å²) in [6.45, 7) is 1.98. The Morgan fingerprint density at radius 3 is 3.09 bits per heavy atom. The molecule has 23 heavy (non-hydrogen) atoms. The molecule has 0 bridgehead atoms. The number of fused-ring (bicyclic) bond motifs is 1. The van der Waals surface area contributed by atoms with E-state index in [2.05, 4.69) is 15.3 Å². The third-order valence-corrected chi connectivity index (χ3v) is 5.17. The van der Waals surface area contributed by atoms with Crippen LogP contribution in [0.25, 0.3) is 0 Å². The van der Waals surface area contributed by atoms with Crippen LogP contribution in [0, 0.1) is 6.92 Å². The van der Waals surface area contributed by atoms with E-state index in [0.29, 0.717) is 0 Å². The fraction of sp³-hybridized carbons (Fsp3) is 0.467. The van der Waals surface area contributed by atoms with E-state index in [-0.39, 0.29) is 23.5 Å². The molecule has 2 heterocycles. The van der Waals surface area contributed by atoms with Crippen molar-refractivity contribution < 1.29 is 4.79 Å². The van der Waals surface area contributed by atoms with E-state index >= 15 is 0 Å². The molecule has 8 heteroatoms. The van der Waals surface area contributed by atoms with Crippen molar-refractivity contribution in [1.29, 1.82) is 0 Å². The second-order valence-corrected chi connectivity index (χ2v) is 6.92. The number of rotatable bonds is 2. The number of amides is 2. The minimum absolute atomic E-state index is 0.00230. The molecule has 2 aromatic rings. The van der Waals surface area contributed by atoms with Crippen molar-refractivity contribution in [3.8, 4) is 0 Å². The molecule has 1 N–H and O–H groups in total. The first-order valence-corrected chi connectivity index (χ1v) is 8.30. The van der Waals surface area contributed by atoms with Crippen molar-refractivity contribution in [3.05, 3.63) is 38.3 Å². The van der Waals surface area contributed by atoms with Gasteiger partial charge in [-0.25, -0.2) is 14.8 Å². The number of aryl methyl sites for hydroxylation is 3. The molecule has 2 amide bonds. The number of aromatic nitrogens is 3. The SMILES string of the molecule is Cc1nc2c(s1)[C@@H](N(C)C(=O)Nc1nccn(C)c1=O)CCC2. The minimum atomic E-state index is -0.329. The van der Waals surface area contributed by atoms with E-state index < -0.39 is 0 Å². The zero-order valence-electron chi connectivity index (χ0n) is 13.4. The van der Waals surface area contributed by atoms with Gasteiger partial charge >= 0.3 is 6.03 Å².